The molecule has 1 rings (SSSR count). The molecule has 100 valence electrons. The summed E-state index contributed by atoms with van der Waals surface area (Å²) in [6.45, 7) is 13.3. The molecule has 0 amide bonds. The van der Waals surface area contributed by atoms with Crippen molar-refractivity contribution in [2.24, 2.45) is 0 Å². The molecule has 2 nitrogen and oxygen atoms in total. The van der Waals surface area contributed by atoms with Gasteiger partial charge >= 0.3 is 0 Å². The molecule has 0 fully saturated rings. The van der Waals surface area contributed by atoms with Gasteiger partial charge < -0.3 is 0 Å². The molecule has 0 bridgehead atoms. The van der Waals surface area contributed by atoms with Gasteiger partial charge in [-0.05, 0) is 29.9 Å². The van der Waals surface area contributed by atoms with Gasteiger partial charge in [-0.15, -0.1) is 0 Å². The molecule has 18 heavy (non-hydrogen) atoms. The van der Waals surface area contributed by atoms with Gasteiger partial charge in [0.2, 0.25) is 0 Å². The van der Waals surface area contributed by atoms with Crippen LogP contribution < -0.4 is 0 Å². The average molecular weight is 248 g/mol. The zero-order valence-corrected chi connectivity index (χ0v) is 12.0. The van der Waals surface area contributed by atoms with Crippen LogP contribution >= 0.6 is 0 Å². The molecule has 1 aromatic rings. The summed E-state index contributed by atoms with van der Waals surface area (Å²) in [5.74, 6) is 0. The van der Waals surface area contributed by atoms with E-state index in [0.717, 1.165) is 17.6 Å². The molecule has 0 aliphatic carbocycles. The SMILES string of the molecule is C=C(C)COOCc1ccc(C(C)(C)CC)cc1. The topological polar surface area (TPSA) is 18.5 Å². The maximum atomic E-state index is 5.12. The van der Waals surface area contributed by atoms with Crippen molar-refractivity contribution in [2.45, 2.75) is 46.1 Å². The van der Waals surface area contributed by atoms with Crippen molar-refractivity contribution in [1.82, 2.24) is 0 Å². The lowest BCUT2D eigenvalue weighted by Gasteiger charge is -2.23. The smallest absolute Gasteiger partial charge is 0.107 e. The normalized spacial score (nSPS) is 11.6. The van der Waals surface area contributed by atoms with Crippen molar-refractivity contribution < 1.29 is 9.78 Å². The Hall–Kier alpha value is -1.12. The first kappa shape index (κ1) is 14.9. The minimum atomic E-state index is 0.232. The molecule has 0 saturated heterocycles. The fourth-order valence-corrected chi connectivity index (χ4v) is 1.51. The summed E-state index contributed by atoms with van der Waals surface area (Å²) in [5.41, 5.74) is 3.66. The van der Waals surface area contributed by atoms with E-state index in [1.54, 1.807) is 0 Å². The summed E-state index contributed by atoms with van der Waals surface area (Å²) in [6, 6.07) is 8.52. The van der Waals surface area contributed by atoms with Gasteiger partial charge in [0.1, 0.15) is 13.2 Å². The molecule has 0 spiro atoms. The highest BCUT2D eigenvalue weighted by atomic mass is 17.2. The fourth-order valence-electron chi connectivity index (χ4n) is 1.51. The quantitative estimate of drug-likeness (QED) is 0.308. The Morgan fingerprint density at radius 2 is 1.78 bits per heavy atom. The third kappa shape index (κ3) is 4.63. The van der Waals surface area contributed by atoms with E-state index in [1.807, 2.05) is 6.92 Å². The monoisotopic (exact) mass is 248 g/mol. The Balaban J connectivity index is 2.48. The Morgan fingerprint density at radius 3 is 2.28 bits per heavy atom. The molecule has 0 aliphatic rings. The van der Waals surface area contributed by atoms with Crippen LogP contribution in [0.15, 0.2) is 36.4 Å². The van der Waals surface area contributed by atoms with Gasteiger partial charge in [-0.1, -0.05) is 57.2 Å². The maximum absolute atomic E-state index is 5.12. The third-order valence-corrected chi connectivity index (χ3v) is 3.23. The van der Waals surface area contributed by atoms with Gasteiger partial charge in [0.05, 0.1) is 0 Å². The Kier molecular flexibility index (Phi) is 5.57. The summed E-state index contributed by atoms with van der Waals surface area (Å²) in [5, 5.41) is 0. The third-order valence-electron chi connectivity index (χ3n) is 3.23. The first-order valence-electron chi connectivity index (χ1n) is 6.44. The summed E-state index contributed by atoms with van der Waals surface area (Å²) in [7, 11) is 0. The Morgan fingerprint density at radius 1 is 1.17 bits per heavy atom. The molecule has 0 aromatic heterocycles. The van der Waals surface area contributed by atoms with Crippen LogP contribution in [0.4, 0.5) is 0 Å². The molecule has 2 heteroatoms. The highest BCUT2D eigenvalue weighted by Crippen LogP contribution is 2.26. The van der Waals surface area contributed by atoms with Crippen molar-refractivity contribution in [2.75, 3.05) is 6.61 Å². The molecule has 0 saturated carbocycles. The Labute approximate surface area is 111 Å². The highest BCUT2D eigenvalue weighted by molar-refractivity contribution is 5.27. The fraction of sp³-hybridized carbons (Fsp3) is 0.500. The standard InChI is InChI=1S/C16H24O2/c1-6-16(4,5)15-9-7-14(8-10-15)12-18-17-11-13(2)3/h7-10H,2,6,11-12H2,1,3-5H3. The van der Waals surface area contributed by atoms with Crippen molar-refractivity contribution in [3.63, 3.8) is 0 Å². The van der Waals surface area contributed by atoms with E-state index in [0.29, 0.717) is 13.2 Å². The zero-order valence-electron chi connectivity index (χ0n) is 12.0. The van der Waals surface area contributed by atoms with Gasteiger partial charge in [-0.25, -0.2) is 9.78 Å². The summed E-state index contributed by atoms with van der Waals surface area (Å²) in [6.07, 6.45) is 1.13. The van der Waals surface area contributed by atoms with Crippen molar-refractivity contribution in [3.05, 3.63) is 47.5 Å². The van der Waals surface area contributed by atoms with Gasteiger partial charge in [0.15, 0.2) is 0 Å². The summed E-state index contributed by atoms with van der Waals surface area (Å²) >= 11 is 0. The molecule has 0 heterocycles. The molecule has 0 unspecified atom stereocenters. The lowest BCUT2D eigenvalue weighted by Crippen LogP contribution is -2.15. The van der Waals surface area contributed by atoms with Crippen molar-refractivity contribution in [3.8, 4) is 0 Å². The van der Waals surface area contributed by atoms with Crippen LogP contribution in [0.3, 0.4) is 0 Å². The number of hydrogen-bond acceptors (Lipinski definition) is 2. The molecule has 0 N–H and O–H groups in total. The molecule has 0 aliphatic heterocycles. The van der Waals surface area contributed by atoms with Gasteiger partial charge in [-0.2, -0.15) is 0 Å². The van der Waals surface area contributed by atoms with E-state index < -0.39 is 0 Å². The number of rotatable bonds is 7. The van der Waals surface area contributed by atoms with Crippen molar-refractivity contribution in [1.29, 1.82) is 0 Å². The van der Waals surface area contributed by atoms with Crippen LogP contribution in [0.5, 0.6) is 0 Å². The molecule has 1 aromatic carbocycles. The lowest BCUT2D eigenvalue weighted by molar-refractivity contribution is -0.297. The van der Waals surface area contributed by atoms with Gasteiger partial charge in [0, 0.05) is 0 Å². The van der Waals surface area contributed by atoms with E-state index in [4.69, 9.17) is 9.78 Å². The van der Waals surface area contributed by atoms with E-state index in [1.165, 1.54) is 5.56 Å². The van der Waals surface area contributed by atoms with Crippen LogP contribution in [0.1, 0.15) is 45.2 Å². The molecular formula is C16H24O2. The van der Waals surface area contributed by atoms with E-state index in [2.05, 4.69) is 51.6 Å². The first-order valence-corrected chi connectivity index (χ1v) is 6.44. The average Bonchev–Trinajstić information content (AvgIpc) is 2.35. The van der Waals surface area contributed by atoms with Crippen LogP contribution in [0.25, 0.3) is 0 Å². The second-order valence-electron chi connectivity index (χ2n) is 5.42. The largest absolute Gasteiger partial charge is 0.232 e. The zero-order chi connectivity index (χ0) is 13.6. The predicted octanol–water partition coefficient (Wildman–Crippen LogP) is 4.40. The van der Waals surface area contributed by atoms with Crippen LogP contribution in [0.2, 0.25) is 0 Å². The van der Waals surface area contributed by atoms with Crippen molar-refractivity contribution >= 4 is 0 Å². The summed E-state index contributed by atoms with van der Waals surface area (Å²) < 4.78 is 0. The van der Waals surface area contributed by atoms with Crippen LogP contribution in [0, 0.1) is 0 Å². The van der Waals surface area contributed by atoms with E-state index in [-0.39, 0.29) is 5.41 Å². The van der Waals surface area contributed by atoms with Crippen LogP contribution in [-0.4, -0.2) is 6.61 Å². The maximum Gasteiger partial charge on any atom is 0.107 e. The number of hydrogen-bond donors (Lipinski definition) is 0. The molecular weight excluding hydrogens is 224 g/mol. The first-order chi connectivity index (χ1) is 8.45. The lowest BCUT2D eigenvalue weighted by atomic mass is 9.82. The summed E-state index contributed by atoms with van der Waals surface area (Å²) in [4.78, 5) is 10.1. The highest BCUT2D eigenvalue weighted by Gasteiger charge is 2.17. The van der Waals surface area contributed by atoms with Crippen LogP contribution in [-0.2, 0) is 21.8 Å². The second kappa shape index (κ2) is 6.72. The molecule has 0 atom stereocenters. The minimum absolute atomic E-state index is 0.232. The van der Waals surface area contributed by atoms with E-state index in [9.17, 15) is 0 Å². The number of benzene rings is 1. The predicted molar refractivity (Wildman–Crippen MR) is 75.3 cm³/mol. The van der Waals surface area contributed by atoms with Gasteiger partial charge in [0.25, 0.3) is 0 Å². The second-order valence-corrected chi connectivity index (χ2v) is 5.42. The minimum Gasteiger partial charge on any atom is -0.232 e. The Bertz CT molecular complexity index is 377. The molecule has 0 radical (unpaired) electrons. The van der Waals surface area contributed by atoms with E-state index >= 15 is 0 Å². The van der Waals surface area contributed by atoms with Gasteiger partial charge in [-0.3, -0.25) is 0 Å².